The first kappa shape index (κ1) is 14.1. The van der Waals surface area contributed by atoms with Gasteiger partial charge in [-0.3, -0.25) is 19.7 Å². The average Bonchev–Trinajstić information content (AvgIpc) is 2.36. The number of rotatable bonds is 5. The molecule has 0 saturated heterocycles. The maximum absolute atomic E-state index is 11.3. The fourth-order valence-electron chi connectivity index (χ4n) is 1.17. The number of non-ortho nitro benzene ring substituents is 1. The molecule has 18 heavy (non-hydrogen) atoms. The van der Waals surface area contributed by atoms with Crippen LogP contribution in [0.5, 0.6) is 0 Å². The molecule has 0 heterocycles. The van der Waals surface area contributed by atoms with Crippen molar-refractivity contribution in [1.82, 2.24) is 0 Å². The molecular formula is C12H11NO4S. The summed E-state index contributed by atoms with van der Waals surface area (Å²) in [7, 11) is 0. The lowest BCUT2D eigenvalue weighted by Crippen LogP contribution is -2.00. The summed E-state index contributed by atoms with van der Waals surface area (Å²) in [5.74, 6) is -0.285. The van der Waals surface area contributed by atoms with Gasteiger partial charge in [-0.1, -0.05) is 17.8 Å². The van der Waals surface area contributed by atoms with Crippen molar-refractivity contribution in [3.8, 4) is 0 Å². The first-order valence-electron chi connectivity index (χ1n) is 5.05. The Hall–Kier alpha value is -1.95. The fourth-order valence-corrected chi connectivity index (χ4v) is 1.46. The fraction of sp³-hybridized carbons (Fsp3) is 0.167. The second-order valence-electron chi connectivity index (χ2n) is 3.40. The zero-order chi connectivity index (χ0) is 13.5. The number of nitro groups is 1. The molecule has 0 aliphatic carbocycles. The Labute approximate surface area is 108 Å². The molecule has 1 aromatic carbocycles. The van der Waals surface area contributed by atoms with Gasteiger partial charge in [0, 0.05) is 12.1 Å². The van der Waals surface area contributed by atoms with Crippen molar-refractivity contribution in [3.05, 3.63) is 46.0 Å². The molecule has 0 aliphatic rings. The Bertz CT molecular complexity index is 493. The van der Waals surface area contributed by atoms with Gasteiger partial charge in [0.05, 0.1) is 11.3 Å². The molecule has 0 N–H and O–H groups in total. The molecule has 0 radical (unpaired) electrons. The van der Waals surface area contributed by atoms with Crippen LogP contribution in [0.25, 0.3) is 6.08 Å². The van der Waals surface area contributed by atoms with Gasteiger partial charge in [-0.05, 0) is 30.0 Å². The molecular weight excluding hydrogens is 254 g/mol. The van der Waals surface area contributed by atoms with Crippen LogP contribution in [0.3, 0.4) is 0 Å². The molecule has 1 aromatic rings. The first-order valence-corrected chi connectivity index (χ1v) is 6.27. The molecule has 0 spiro atoms. The lowest BCUT2D eigenvalue weighted by Gasteiger charge is -1.94. The second-order valence-corrected chi connectivity index (χ2v) is 4.26. The van der Waals surface area contributed by atoms with E-state index in [1.807, 2.05) is 0 Å². The molecule has 0 saturated carbocycles. The van der Waals surface area contributed by atoms with Crippen molar-refractivity contribution < 1.29 is 14.5 Å². The number of ketones is 1. The van der Waals surface area contributed by atoms with Crippen molar-refractivity contribution in [2.24, 2.45) is 0 Å². The number of nitro benzene ring substituents is 1. The third kappa shape index (κ3) is 4.50. The number of hydrogen-bond acceptors (Lipinski definition) is 5. The number of hydrogen-bond donors (Lipinski definition) is 0. The van der Waals surface area contributed by atoms with Crippen LogP contribution in [0.4, 0.5) is 5.69 Å². The standard InChI is InChI=1S/C12H11NO4S/c1-18-12(15)8-11(14)7-4-9-2-5-10(6-3-9)13(16)17/h2-7H,8H2,1H3/b7-4+. The Morgan fingerprint density at radius 3 is 2.44 bits per heavy atom. The van der Waals surface area contributed by atoms with Crippen LogP contribution in [0.2, 0.25) is 0 Å². The summed E-state index contributed by atoms with van der Waals surface area (Å²) >= 11 is 1.01. The average molecular weight is 265 g/mol. The van der Waals surface area contributed by atoms with Gasteiger partial charge in [-0.15, -0.1) is 0 Å². The van der Waals surface area contributed by atoms with Gasteiger partial charge in [0.1, 0.15) is 0 Å². The van der Waals surface area contributed by atoms with Crippen molar-refractivity contribution in [3.63, 3.8) is 0 Å². The van der Waals surface area contributed by atoms with E-state index in [9.17, 15) is 19.7 Å². The number of allylic oxidation sites excluding steroid dienone is 1. The molecule has 6 heteroatoms. The molecule has 1 rings (SSSR count). The summed E-state index contributed by atoms with van der Waals surface area (Å²) in [6.07, 6.45) is 4.31. The highest BCUT2D eigenvalue weighted by Crippen LogP contribution is 2.13. The van der Waals surface area contributed by atoms with E-state index < -0.39 is 4.92 Å². The zero-order valence-electron chi connectivity index (χ0n) is 9.66. The summed E-state index contributed by atoms with van der Waals surface area (Å²) in [5.41, 5.74) is 0.668. The highest BCUT2D eigenvalue weighted by molar-refractivity contribution is 8.13. The predicted molar refractivity (Wildman–Crippen MR) is 70.3 cm³/mol. The van der Waals surface area contributed by atoms with E-state index in [0.717, 1.165) is 11.8 Å². The topological polar surface area (TPSA) is 77.3 Å². The lowest BCUT2D eigenvalue weighted by atomic mass is 10.1. The summed E-state index contributed by atoms with van der Waals surface area (Å²) in [4.78, 5) is 32.3. The monoisotopic (exact) mass is 265 g/mol. The minimum absolute atomic E-state index is 0.00367. The minimum Gasteiger partial charge on any atom is -0.294 e. The normalized spacial score (nSPS) is 10.5. The van der Waals surface area contributed by atoms with Gasteiger partial charge < -0.3 is 0 Å². The first-order chi connectivity index (χ1) is 8.52. The van der Waals surface area contributed by atoms with Gasteiger partial charge in [-0.2, -0.15) is 0 Å². The summed E-state index contributed by atoms with van der Waals surface area (Å²) in [5, 5.41) is 10.2. The van der Waals surface area contributed by atoms with Crippen LogP contribution in [-0.4, -0.2) is 22.1 Å². The highest BCUT2D eigenvalue weighted by Gasteiger charge is 2.05. The van der Waals surface area contributed by atoms with E-state index in [2.05, 4.69) is 0 Å². The van der Waals surface area contributed by atoms with E-state index in [-0.39, 0.29) is 23.0 Å². The van der Waals surface area contributed by atoms with Crippen molar-refractivity contribution in [2.75, 3.05) is 6.26 Å². The number of thioether (sulfide) groups is 1. The number of nitrogens with zero attached hydrogens (tertiary/aromatic N) is 1. The van der Waals surface area contributed by atoms with E-state index in [1.54, 1.807) is 6.26 Å². The van der Waals surface area contributed by atoms with E-state index in [1.165, 1.54) is 36.4 Å². The molecule has 0 atom stereocenters. The maximum Gasteiger partial charge on any atom is 0.269 e. The summed E-state index contributed by atoms with van der Waals surface area (Å²) in [6, 6.07) is 5.80. The second kappa shape index (κ2) is 6.70. The molecule has 0 unspecified atom stereocenters. The Kier molecular flexibility index (Phi) is 5.26. The summed E-state index contributed by atoms with van der Waals surface area (Å²) in [6.45, 7) is 0. The minimum atomic E-state index is -0.490. The van der Waals surface area contributed by atoms with Crippen LogP contribution in [-0.2, 0) is 9.59 Å². The van der Waals surface area contributed by atoms with Gasteiger partial charge in [0.25, 0.3) is 5.69 Å². The maximum atomic E-state index is 11.3. The van der Waals surface area contributed by atoms with E-state index >= 15 is 0 Å². The van der Waals surface area contributed by atoms with Gasteiger partial charge in [-0.25, -0.2) is 0 Å². The van der Waals surface area contributed by atoms with Crippen molar-refractivity contribution >= 4 is 34.4 Å². The van der Waals surface area contributed by atoms with Gasteiger partial charge in [0.2, 0.25) is 0 Å². The van der Waals surface area contributed by atoms with Crippen LogP contribution in [0, 0.1) is 10.1 Å². The third-order valence-electron chi connectivity index (χ3n) is 2.11. The van der Waals surface area contributed by atoms with Crippen LogP contribution >= 0.6 is 11.8 Å². The van der Waals surface area contributed by atoms with Crippen LogP contribution in [0.15, 0.2) is 30.3 Å². The number of benzene rings is 1. The van der Waals surface area contributed by atoms with Crippen molar-refractivity contribution in [1.29, 1.82) is 0 Å². The summed E-state index contributed by atoms with van der Waals surface area (Å²) < 4.78 is 0. The molecule has 0 fully saturated rings. The zero-order valence-corrected chi connectivity index (χ0v) is 10.5. The van der Waals surface area contributed by atoms with Crippen LogP contribution in [0.1, 0.15) is 12.0 Å². The Morgan fingerprint density at radius 2 is 1.94 bits per heavy atom. The quantitative estimate of drug-likeness (QED) is 0.353. The van der Waals surface area contributed by atoms with Crippen LogP contribution < -0.4 is 0 Å². The Balaban J connectivity index is 2.64. The molecule has 0 bridgehead atoms. The predicted octanol–water partition coefficient (Wildman–Crippen LogP) is 2.46. The molecule has 5 nitrogen and oxygen atoms in total. The lowest BCUT2D eigenvalue weighted by molar-refractivity contribution is -0.384. The third-order valence-corrected chi connectivity index (χ3v) is 2.71. The number of carbonyl (C=O) groups excluding carboxylic acids is 2. The van der Waals surface area contributed by atoms with Gasteiger partial charge in [0.15, 0.2) is 10.9 Å². The number of carbonyl (C=O) groups is 2. The van der Waals surface area contributed by atoms with Gasteiger partial charge >= 0.3 is 0 Å². The van der Waals surface area contributed by atoms with E-state index in [4.69, 9.17) is 0 Å². The van der Waals surface area contributed by atoms with E-state index in [0.29, 0.717) is 5.56 Å². The molecule has 0 aromatic heterocycles. The highest BCUT2D eigenvalue weighted by atomic mass is 32.2. The largest absolute Gasteiger partial charge is 0.294 e. The van der Waals surface area contributed by atoms with Crippen molar-refractivity contribution in [2.45, 2.75) is 6.42 Å². The Morgan fingerprint density at radius 1 is 1.33 bits per heavy atom. The molecule has 0 aliphatic heterocycles. The molecule has 94 valence electrons. The molecule has 0 amide bonds. The smallest absolute Gasteiger partial charge is 0.269 e. The SMILES string of the molecule is CSC(=O)CC(=O)/C=C/c1ccc([N+](=O)[O-])cc1.